The van der Waals surface area contributed by atoms with Gasteiger partial charge in [-0.05, 0) is 65.5 Å². The SMILES string of the molecule is CN(C)C1CCC(N=NC2CCC(S(=O)(=O)C3C(C(F)(F)F)=C(C#N)C(C#N)=C3C(F)(F)F)CC2)CC1. The quantitative estimate of drug-likeness (QED) is 0.345. The normalized spacial score (nSPS) is 28.7. The van der Waals surface area contributed by atoms with E-state index in [4.69, 9.17) is 10.5 Å². The van der Waals surface area contributed by atoms with Crippen molar-refractivity contribution < 1.29 is 34.8 Å². The number of halogens is 6. The van der Waals surface area contributed by atoms with Gasteiger partial charge in [0.2, 0.25) is 0 Å². The zero-order valence-electron chi connectivity index (χ0n) is 20.3. The predicted octanol–water partition coefficient (Wildman–Crippen LogP) is 5.18. The maximum absolute atomic E-state index is 13.8. The van der Waals surface area contributed by atoms with E-state index < -0.39 is 55.0 Å². The van der Waals surface area contributed by atoms with Crippen molar-refractivity contribution in [3.8, 4) is 12.1 Å². The second kappa shape index (κ2) is 10.7. The Labute approximate surface area is 211 Å². The summed E-state index contributed by atoms with van der Waals surface area (Å²) < 4.78 is 109. The Bertz CT molecular complexity index is 1110. The van der Waals surface area contributed by atoms with Gasteiger partial charge >= 0.3 is 12.4 Å². The molecular weight excluding hydrogens is 524 g/mol. The average Bonchev–Trinajstić information content (AvgIpc) is 3.20. The first kappa shape index (κ1) is 29.1. The van der Waals surface area contributed by atoms with Crippen LogP contribution >= 0.6 is 0 Å². The lowest BCUT2D eigenvalue weighted by Crippen LogP contribution is -2.42. The Morgan fingerprint density at radius 1 is 0.757 bits per heavy atom. The second-order valence-corrected chi connectivity index (χ2v) is 12.2. The molecule has 0 aromatic heterocycles. The molecule has 0 amide bonds. The lowest BCUT2D eigenvalue weighted by Gasteiger charge is -2.32. The van der Waals surface area contributed by atoms with E-state index in [0.29, 0.717) is 6.04 Å². The molecule has 2 saturated carbocycles. The topological polar surface area (TPSA) is 110 Å². The van der Waals surface area contributed by atoms with E-state index in [1.165, 1.54) is 0 Å². The highest BCUT2D eigenvalue weighted by molar-refractivity contribution is 7.93. The molecule has 0 spiro atoms. The summed E-state index contributed by atoms with van der Waals surface area (Å²) in [4.78, 5) is 2.15. The molecule has 0 saturated heterocycles. The molecule has 0 bridgehead atoms. The molecule has 3 rings (SSSR count). The molecule has 3 aliphatic rings. The van der Waals surface area contributed by atoms with Crippen LogP contribution in [-0.4, -0.2) is 68.4 Å². The van der Waals surface area contributed by atoms with Crippen LogP contribution in [0.2, 0.25) is 0 Å². The number of sulfone groups is 1. The molecule has 0 N–H and O–H groups in total. The predicted molar refractivity (Wildman–Crippen MR) is 121 cm³/mol. The molecule has 204 valence electrons. The van der Waals surface area contributed by atoms with Crippen LogP contribution < -0.4 is 0 Å². The standard InChI is InChI=1S/C23H27F6N5O2S/c1-34(2)15-7-3-13(4-8-15)32-33-14-5-9-16(10-6-14)37(35,36)21-19(22(24,25)26)17(11-30)18(12-31)20(21)23(27,28)29/h13-16,21H,3-10H2,1-2H3. The van der Waals surface area contributed by atoms with Gasteiger partial charge < -0.3 is 4.90 Å². The first-order valence-corrected chi connectivity index (χ1v) is 13.5. The van der Waals surface area contributed by atoms with Crippen molar-refractivity contribution in [2.75, 3.05) is 14.1 Å². The van der Waals surface area contributed by atoms with Crippen LogP contribution in [0.4, 0.5) is 26.3 Å². The third-order valence-corrected chi connectivity index (χ3v) is 9.90. The van der Waals surface area contributed by atoms with Crippen LogP contribution in [0.15, 0.2) is 32.5 Å². The van der Waals surface area contributed by atoms with Gasteiger partial charge in [0, 0.05) is 6.04 Å². The average molecular weight is 552 g/mol. The van der Waals surface area contributed by atoms with E-state index in [2.05, 4.69) is 15.1 Å². The van der Waals surface area contributed by atoms with Gasteiger partial charge in [-0.1, -0.05) is 0 Å². The van der Waals surface area contributed by atoms with Gasteiger partial charge in [-0.2, -0.15) is 47.1 Å². The van der Waals surface area contributed by atoms with Gasteiger partial charge in [0.25, 0.3) is 0 Å². The minimum atomic E-state index is -5.56. The van der Waals surface area contributed by atoms with E-state index in [1.807, 2.05) is 14.1 Å². The van der Waals surface area contributed by atoms with Crippen molar-refractivity contribution in [3.05, 3.63) is 22.3 Å². The third kappa shape index (κ3) is 6.01. The number of rotatable bonds is 5. The Kier molecular flexibility index (Phi) is 8.44. The van der Waals surface area contributed by atoms with Gasteiger partial charge in [0.05, 0.1) is 39.6 Å². The monoisotopic (exact) mass is 551 g/mol. The number of alkyl halides is 6. The summed E-state index contributed by atoms with van der Waals surface area (Å²) in [5.74, 6) is 0. The number of nitrogens with zero attached hydrogens (tertiary/aromatic N) is 5. The largest absolute Gasteiger partial charge is 0.415 e. The van der Waals surface area contributed by atoms with Crippen LogP contribution in [0.25, 0.3) is 0 Å². The fraction of sp³-hybridized carbons (Fsp3) is 0.739. The summed E-state index contributed by atoms with van der Waals surface area (Å²) in [5.41, 5.74) is -7.48. The summed E-state index contributed by atoms with van der Waals surface area (Å²) in [7, 11) is -1.11. The van der Waals surface area contributed by atoms with Crippen LogP contribution in [0.3, 0.4) is 0 Å². The molecule has 0 aromatic carbocycles. The number of azo groups is 1. The first-order valence-electron chi connectivity index (χ1n) is 11.8. The molecule has 0 atom stereocenters. The summed E-state index contributed by atoms with van der Waals surface area (Å²) in [6, 6.07) is 2.08. The highest BCUT2D eigenvalue weighted by Gasteiger charge is 2.60. The van der Waals surface area contributed by atoms with Gasteiger partial charge in [0.15, 0.2) is 9.84 Å². The maximum Gasteiger partial charge on any atom is 0.415 e. The highest BCUT2D eigenvalue weighted by atomic mass is 32.2. The zero-order chi connectivity index (χ0) is 27.8. The number of hydrogen-bond acceptors (Lipinski definition) is 7. The molecule has 0 aliphatic heterocycles. The van der Waals surface area contributed by atoms with Crippen molar-refractivity contribution in [2.24, 2.45) is 10.2 Å². The minimum Gasteiger partial charge on any atom is -0.306 e. The van der Waals surface area contributed by atoms with Crippen LogP contribution in [0.1, 0.15) is 51.4 Å². The number of allylic oxidation sites excluding steroid dienone is 2. The minimum absolute atomic E-state index is 0.0314. The maximum atomic E-state index is 13.8. The highest BCUT2D eigenvalue weighted by Crippen LogP contribution is 2.51. The summed E-state index contributed by atoms with van der Waals surface area (Å²) >= 11 is 0. The first-order chi connectivity index (χ1) is 17.1. The van der Waals surface area contributed by atoms with Gasteiger partial charge in [-0.25, -0.2) is 8.42 Å². The second-order valence-electron chi connectivity index (χ2n) is 9.85. The van der Waals surface area contributed by atoms with Gasteiger partial charge in [-0.3, -0.25) is 0 Å². The van der Waals surface area contributed by atoms with Crippen molar-refractivity contribution in [2.45, 2.75) is 92.3 Å². The van der Waals surface area contributed by atoms with Gasteiger partial charge in [0.1, 0.15) is 17.4 Å². The molecule has 2 fully saturated rings. The van der Waals surface area contributed by atoms with Gasteiger partial charge in [-0.15, -0.1) is 0 Å². The molecule has 37 heavy (non-hydrogen) atoms. The Morgan fingerprint density at radius 2 is 1.14 bits per heavy atom. The summed E-state index contributed by atoms with van der Waals surface area (Å²) in [6.45, 7) is 0. The van der Waals surface area contributed by atoms with Crippen LogP contribution in [-0.2, 0) is 9.84 Å². The van der Waals surface area contributed by atoms with E-state index in [-0.39, 0.29) is 37.8 Å². The Hall–Kier alpha value is -2.45. The molecule has 14 heteroatoms. The van der Waals surface area contributed by atoms with Crippen molar-refractivity contribution in [3.63, 3.8) is 0 Å². The van der Waals surface area contributed by atoms with Crippen molar-refractivity contribution in [1.82, 2.24) is 4.90 Å². The molecule has 3 aliphatic carbocycles. The smallest absolute Gasteiger partial charge is 0.306 e. The number of nitriles is 2. The lowest BCUT2D eigenvalue weighted by molar-refractivity contribution is -0.103. The summed E-state index contributed by atoms with van der Waals surface area (Å²) in [6.07, 6.45) is -7.63. The van der Waals surface area contributed by atoms with Crippen LogP contribution in [0, 0.1) is 22.7 Å². The molecule has 0 heterocycles. The molecule has 0 unspecified atom stereocenters. The number of hydrogen-bond donors (Lipinski definition) is 0. The molecule has 0 radical (unpaired) electrons. The molecule has 0 aromatic rings. The summed E-state index contributed by atoms with van der Waals surface area (Å²) in [5, 5.41) is 22.3. The molecule has 7 nitrogen and oxygen atoms in total. The fourth-order valence-electron chi connectivity index (χ4n) is 5.38. The zero-order valence-corrected chi connectivity index (χ0v) is 21.1. The van der Waals surface area contributed by atoms with Crippen molar-refractivity contribution in [1.29, 1.82) is 10.5 Å². The lowest BCUT2D eigenvalue weighted by atomic mass is 9.91. The van der Waals surface area contributed by atoms with Crippen molar-refractivity contribution >= 4 is 9.84 Å². The Morgan fingerprint density at radius 3 is 1.46 bits per heavy atom. The van der Waals surface area contributed by atoms with Crippen LogP contribution in [0.5, 0.6) is 0 Å². The molecular formula is C23H27F6N5O2S. The van der Waals surface area contributed by atoms with E-state index in [1.54, 1.807) is 0 Å². The van der Waals surface area contributed by atoms with E-state index >= 15 is 0 Å². The Balaban J connectivity index is 1.80. The fourth-order valence-corrected chi connectivity index (χ4v) is 7.85. The van der Waals surface area contributed by atoms with E-state index in [0.717, 1.165) is 37.8 Å². The van der Waals surface area contributed by atoms with E-state index in [9.17, 15) is 34.8 Å². The third-order valence-electron chi connectivity index (χ3n) is 7.37.